The van der Waals surface area contributed by atoms with Crippen molar-refractivity contribution >= 4 is 40.0 Å². The van der Waals surface area contributed by atoms with Crippen molar-refractivity contribution in [1.29, 1.82) is 0 Å². The Morgan fingerprint density at radius 1 is 1.28 bits per heavy atom. The van der Waals surface area contributed by atoms with Gasteiger partial charge in [-0.25, -0.2) is 9.97 Å². The van der Waals surface area contributed by atoms with Gasteiger partial charge in [0.15, 0.2) is 10.0 Å². The Hall–Kier alpha value is -2.45. The van der Waals surface area contributed by atoms with Gasteiger partial charge in [0, 0.05) is 16.5 Å². The maximum absolute atomic E-state index is 12.6. The highest BCUT2D eigenvalue weighted by Crippen LogP contribution is 2.31. The number of para-hydroxylation sites is 2. The van der Waals surface area contributed by atoms with E-state index in [0.717, 1.165) is 21.3 Å². The molecule has 0 aliphatic carbocycles. The molecular formula is C17H19N5OS2. The molecule has 0 spiro atoms. The third kappa shape index (κ3) is 4.15. The van der Waals surface area contributed by atoms with Crippen molar-refractivity contribution in [3.05, 3.63) is 46.4 Å². The van der Waals surface area contributed by atoms with E-state index in [9.17, 15) is 4.79 Å². The molecule has 0 radical (unpaired) electrons. The molecule has 130 valence electrons. The van der Waals surface area contributed by atoms with Crippen molar-refractivity contribution in [2.24, 2.45) is 5.92 Å². The van der Waals surface area contributed by atoms with E-state index in [1.165, 1.54) is 22.7 Å². The third-order valence-corrected chi connectivity index (χ3v) is 5.39. The molecule has 4 N–H and O–H groups in total. The van der Waals surface area contributed by atoms with Gasteiger partial charge in [0.05, 0.1) is 11.4 Å². The summed E-state index contributed by atoms with van der Waals surface area (Å²) >= 11 is 3.04. The second kappa shape index (κ2) is 7.62. The number of carbonyl (C=O) groups excluding carboxylic acids is 1. The van der Waals surface area contributed by atoms with Gasteiger partial charge in [-0.2, -0.15) is 0 Å². The summed E-state index contributed by atoms with van der Waals surface area (Å²) in [6.45, 7) is 4.24. The fourth-order valence-electron chi connectivity index (χ4n) is 2.25. The van der Waals surface area contributed by atoms with Crippen molar-refractivity contribution in [3.8, 4) is 10.0 Å². The number of benzene rings is 1. The molecule has 0 saturated carbocycles. The Morgan fingerprint density at radius 3 is 2.76 bits per heavy atom. The molecule has 0 atom stereocenters. The smallest absolute Gasteiger partial charge is 0.289 e. The standard InChI is InChI=1S/C17H19N5OS2/c1-10(2)9-13-14(20-17(25-13)16-19-7-8-24-16)15(23)22-21-12-6-4-3-5-11(12)18/h3-8,10,21H,9,18H2,1-2H3,(H,22,23). The maximum atomic E-state index is 12.6. The van der Waals surface area contributed by atoms with Gasteiger partial charge in [-0.15, -0.1) is 22.7 Å². The summed E-state index contributed by atoms with van der Waals surface area (Å²) in [5.41, 5.74) is 13.1. The summed E-state index contributed by atoms with van der Waals surface area (Å²) in [6.07, 6.45) is 2.53. The van der Waals surface area contributed by atoms with Gasteiger partial charge in [0.1, 0.15) is 5.69 Å². The summed E-state index contributed by atoms with van der Waals surface area (Å²) in [5, 5.41) is 3.50. The number of carbonyl (C=O) groups is 1. The van der Waals surface area contributed by atoms with Crippen LogP contribution in [0, 0.1) is 5.92 Å². The van der Waals surface area contributed by atoms with Gasteiger partial charge in [0.25, 0.3) is 5.91 Å². The number of hydrazine groups is 1. The Kier molecular flexibility index (Phi) is 5.30. The summed E-state index contributed by atoms with van der Waals surface area (Å²) < 4.78 is 0. The summed E-state index contributed by atoms with van der Waals surface area (Å²) in [7, 11) is 0. The SMILES string of the molecule is CC(C)Cc1sc(-c2nccs2)nc1C(=O)NNc1ccccc1N. The van der Waals surface area contributed by atoms with E-state index in [1.54, 1.807) is 18.3 Å². The number of nitrogens with zero attached hydrogens (tertiary/aromatic N) is 2. The molecule has 0 aliphatic heterocycles. The minimum absolute atomic E-state index is 0.280. The molecule has 6 nitrogen and oxygen atoms in total. The lowest BCUT2D eigenvalue weighted by Crippen LogP contribution is -2.30. The zero-order valence-electron chi connectivity index (χ0n) is 13.9. The van der Waals surface area contributed by atoms with Gasteiger partial charge in [-0.1, -0.05) is 26.0 Å². The van der Waals surface area contributed by atoms with Gasteiger partial charge in [0.2, 0.25) is 0 Å². The molecule has 1 aromatic carbocycles. The highest BCUT2D eigenvalue weighted by molar-refractivity contribution is 7.20. The first kappa shape index (κ1) is 17.4. The first-order valence-electron chi connectivity index (χ1n) is 7.85. The average molecular weight is 374 g/mol. The molecular weight excluding hydrogens is 354 g/mol. The van der Waals surface area contributed by atoms with Crippen LogP contribution in [0.25, 0.3) is 10.0 Å². The predicted molar refractivity (Wildman–Crippen MR) is 104 cm³/mol. The zero-order valence-corrected chi connectivity index (χ0v) is 15.6. The molecule has 1 amide bonds. The number of thiazole rings is 2. The van der Waals surface area contributed by atoms with Gasteiger partial charge < -0.3 is 5.73 Å². The summed E-state index contributed by atoms with van der Waals surface area (Å²) in [6, 6.07) is 7.25. The number of amides is 1. The van der Waals surface area contributed by atoms with Crippen molar-refractivity contribution in [2.75, 3.05) is 11.2 Å². The molecule has 0 saturated heterocycles. The number of nitrogen functional groups attached to an aromatic ring is 1. The number of rotatable bonds is 6. The van der Waals surface area contributed by atoms with Crippen LogP contribution in [0.5, 0.6) is 0 Å². The maximum Gasteiger partial charge on any atom is 0.289 e. The Bertz CT molecular complexity index is 858. The largest absolute Gasteiger partial charge is 0.397 e. The average Bonchev–Trinajstić information content (AvgIpc) is 3.22. The summed E-state index contributed by atoms with van der Waals surface area (Å²) in [5.74, 6) is 0.145. The van der Waals surface area contributed by atoms with Crippen LogP contribution in [0.4, 0.5) is 11.4 Å². The van der Waals surface area contributed by atoms with E-state index in [1.807, 2.05) is 17.5 Å². The van der Waals surface area contributed by atoms with Crippen LogP contribution in [-0.2, 0) is 6.42 Å². The van der Waals surface area contributed by atoms with Crippen molar-refractivity contribution < 1.29 is 4.79 Å². The lowest BCUT2D eigenvalue weighted by Gasteiger charge is -2.10. The number of nitrogens with one attached hydrogen (secondary N) is 2. The van der Waals surface area contributed by atoms with E-state index in [-0.39, 0.29) is 5.91 Å². The van der Waals surface area contributed by atoms with Gasteiger partial charge in [-0.05, 0) is 24.5 Å². The molecule has 8 heteroatoms. The van der Waals surface area contributed by atoms with Crippen LogP contribution in [0.1, 0.15) is 29.2 Å². The first-order chi connectivity index (χ1) is 12.0. The predicted octanol–water partition coefficient (Wildman–Crippen LogP) is 3.80. The molecule has 0 fully saturated rings. The highest BCUT2D eigenvalue weighted by Gasteiger charge is 2.20. The number of nitrogens with two attached hydrogens (primary N) is 1. The van der Waals surface area contributed by atoms with E-state index in [4.69, 9.17) is 5.73 Å². The molecule has 3 aromatic rings. The number of anilines is 2. The fourth-order valence-corrected chi connectivity index (χ4v) is 4.20. The van der Waals surface area contributed by atoms with E-state index >= 15 is 0 Å². The Morgan fingerprint density at radius 2 is 2.08 bits per heavy atom. The fraction of sp³-hybridized carbons (Fsp3) is 0.235. The highest BCUT2D eigenvalue weighted by atomic mass is 32.1. The van der Waals surface area contributed by atoms with Crippen LogP contribution in [0.15, 0.2) is 35.8 Å². The van der Waals surface area contributed by atoms with Crippen molar-refractivity contribution in [3.63, 3.8) is 0 Å². The zero-order chi connectivity index (χ0) is 17.8. The first-order valence-corrected chi connectivity index (χ1v) is 9.54. The Labute approximate surface area is 154 Å². The number of aromatic nitrogens is 2. The van der Waals surface area contributed by atoms with Crippen molar-refractivity contribution in [2.45, 2.75) is 20.3 Å². The molecule has 0 unspecified atom stereocenters. The second-order valence-electron chi connectivity index (χ2n) is 5.89. The second-order valence-corrected chi connectivity index (χ2v) is 7.87. The summed E-state index contributed by atoms with van der Waals surface area (Å²) in [4.78, 5) is 22.4. The topological polar surface area (TPSA) is 92.9 Å². The number of hydrogen-bond donors (Lipinski definition) is 3. The van der Waals surface area contributed by atoms with Crippen LogP contribution >= 0.6 is 22.7 Å². The van der Waals surface area contributed by atoms with Crippen molar-refractivity contribution in [1.82, 2.24) is 15.4 Å². The van der Waals surface area contributed by atoms with E-state index < -0.39 is 0 Å². The molecule has 2 heterocycles. The number of hydrogen-bond acceptors (Lipinski definition) is 7. The molecule has 3 rings (SSSR count). The van der Waals surface area contributed by atoms with Gasteiger partial charge in [-0.3, -0.25) is 15.6 Å². The molecule has 2 aromatic heterocycles. The quantitative estimate of drug-likeness (QED) is 0.451. The van der Waals surface area contributed by atoms with E-state index in [2.05, 4.69) is 34.7 Å². The molecule has 0 aliphatic rings. The lowest BCUT2D eigenvalue weighted by atomic mass is 10.1. The van der Waals surface area contributed by atoms with Crippen LogP contribution in [-0.4, -0.2) is 15.9 Å². The minimum Gasteiger partial charge on any atom is -0.397 e. The molecule has 25 heavy (non-hydrogen) atoms. The lowest BCUT2D eigenvalue weighted by molar-refractivity contribution is 0.0957. The normalized spacial score (nSPS) is 10.8. The van der Waals surface area contributed by atoms with Crippen LogP contribution in [0.2, 0.25) is 0 Å². The van der Waals surface area contributed by atoms with Crippen LogP contribution in [0.3, 0.4) is 0 Å². The molecule has 0 bridgehead atoms. The van der Waals surface area contributed by atoms with Gasteiger partial charge >= 0.3 is 0 Å². The monoisotopic (exact) mass is 373 g/mol. The third-order valence-electron chi connectivity index (χ3n) is 3.39. The Balaban J connectivity index is 1.81. The minimum atomic E-state index is -0.280. The van der Waals surface area contributed by atoms with Crippen LogP contribution < -0.4 is 16.6 Å². The van der Waals surface area contributed by atoms with E-state index in [0.29, 0.717) is 23.0 Å².